The first-order valence-corrected chi connectivity index (χ1v) is 20.9. The van der Waals surface area contributed by atoms with Crippen molar-refractivity contribution in [2.24, 2.45) is 0 Å². The number of hydrogen-bond donors (Lipinski definition) is 0. The van der Waals surface area contributed by atoms with Gasteiger partial charge < -0.3 is 0 Å². The van der Waals surface area contributed by atoms with Gasteiger partial charge in [0.2, 0.25) is 0 Å². The molecule has 0 atom stereocenters. The molecule has 0 bridgehead atoms. The second-order valence-electron chi connectivity index (χ2n) is 9.74. The third kappa shape index (κ3) is 6.61. The van der Waals surface area contributed by atoms with Crippen LogP contribution in [0, 0.1) is 13.8 Å². The summed E-state index contributed by atoms with van der Waals surface area (Å²) >= 11 is -2.44. The minimum atomic E-state index is -2.44. The molecule has 0 spiro atoms. The fraction of sp³-hybridized carbons (Fsp3) is 0.0541. The Bertz CT molecular complexity index is 1740. The van der Waals surface area contributed by atoms with Gasteiger partial charge in [0, 0.05) is 0 Å². The number of fused-ring (bicyclic) bond motifs is 4. The molecule has 0 amide bonds. The van der Waals surface area contributed by atoms with Gasteiger partial charge in [-0.3, -0.25) is 0 Å². The molecule has 0 saturated carbocycles. The van der Waals surface area contributed by atoms with Crippen molar-refractivity contribution in [1.29, 1.82) is 0 Å². The molecule has 40 heavy (non-hydrogen) atoms. The number of rotatable bonds is 2. The first kappa shape index (κ1) is 28.4. The Kier molecular flexibility index (Phi) is 9.61. The van der Waals surface area contributed by atoms with E-state index in [0.717, 1.165) is 14.3 Å². The standard InChI is InChI=1S/C13H9.C13H10.C11H11.2ClH.Zr/c1-3-7-12-10(5-1)9-11-6-2-4-8-13(11)12;1-3-7-12(8-4-1)11-13-9-5-2-6-10-13;1-8-6-7-9(2)11-5-3-4-10(8)11;;;/h1-9H;1-10H;3-7H,1-2H3;2*1H;/q-1;;-1;;;+2/p-2. The van der Waals surface area contributed by atoms with Crippen LogP contribution < -0.4 is 0 Å². The minimum absolute atomic E-state index is 1.15. The van der Waals surface area contributed by atoms with Gasteiger partial charge in [-0.25, -0.2) is 0 Å². The first-order valence-electron chi connectivity index (χ1n) is 13.3. The van der Waals surface area contributed by atoms with Crippen molar-refractivity contribution in [3.63, 3.8) is 0 Å². The quantitative estimate of drug-likeness (QED) is 0.166. The average molecular weight is 637 g/mol. The molecule has 0 nitrogen and oxygen atoms in total. The summed E-state index contributed by atoms with van der Waals surface area (Å²) < 4.78 is 1.15. The van der Waals surface area contributed by atoms with Gasteiger partial charge >= 0.3 is 111 Å². The molecule has 0 aromatic heterocycles. The van der Waals surface area contributed by atoms with E-state index in [9.17, 15) is 0 Å². The Morgan fingerprint density at radius 1 is 0.525 bits per heavy atom. The molecule has 0 heterocycles. The summed E-state index contributed by atoms with van der Waals surface area (Å²) in [5.41, 5.74) is 5.03. The molecule has 0 aliphatic heterocycles. The Balaban J connectivity index is 0.000000123. The molecule has 0 radical (unpaired) electrons. The summed E-state index contributed by atoms with van der Waals surface area (Å²) in [7, 11) is 12.5. The fourth-order valence-electron chi connectivity index (χ4n) is 5.04. The smallest absolute Gasteiger partial charge is 0.0771 e. The van der Waals surface area contributed by atoms with E-state index in [1.54, 1.807) is 0 Å². The zero-order chi connectivity index (χ0) is 27.9. The van der Waals surface area contributed by atoms with Crippen LogP contribution in [0.1, 0.15) is 22.3 Å². The SMILES string of the molecule is Cc1ccc(C)c2[cH-]ccc12.[Cl][Zr]([Cl])=[C](c1ccccc1)c1ccccc1.c1ccc2c(c1)[cH-]c1ccccc12. The van der Waals surface area contributed by atoms with Gasteiger partial charge in [0.15, 0.2) is 0 Å². The molecule has 3 heteroatoms. The summed E-state index contributed by atoms with van der Waals surface area (Å²) in [6.45, 7) is 4.31. The van der Waals surface area contributed by atoms with Crippen molar-refractivity contribution < 1.29 is 18.9 Å². The van der Waals surface area contributed by atoms with Crippen LogP contribution in [0.3, 0.4) is 0 Å². The predicted octanol–water partition coefficient (Wildman–Crippen LogP) is 11.1. The van der Waals surface area contributed by atoms with E-state index < -0.39 is 18.9 Å². The maximum Gasteiger partial charge on any atom is -0.0771 e. The summed E-state index contributed by atoms with van der Waals surface area (Å²) in [4.78, 5) is 0. The molecular weight excluding hydrogens is 607 g/mol. The van der Waals surface area contributed by atoms with E-state index in [-0.39, 0.29) is 0 Å². The monoisotopic (exact) mass is 634 g/mol. The summed E-state index contributed by atoms with van der Waals surface area (Å²) in [6, 6.07) is 50.4. The second kappa shape index (κ2) is 13.5. The first-order chi connectivity index (χ1) is 19.5. The van der Waals surface area contributed by atoms with E-state index in [2.05, 4.69) is 123 Å². The molecule has 7 aromatic carbocycles. The zero-order valence-corrected chi connectivity index (χ0v) is 26.6. The van der Waals surface area contributed by atoms with E-state index >= 15 is 0 Å². The van der Waals surface area contributed by atoms with Crippen LogP contribution in [-0.4, -0.2) is 3.21 Å². The van der Waals surface area contributed by atoms with Crippen molar-refractivity contribution in [3.8, 4) is 0 Å². The third-order valence-corrected chi connectivity index (χ3v) is 11.7. The minimum Gasteiger partial charge on any atom is -0.126 e. The van der Waals surface area contributed by atoms with Gasteiger partial charge in [0.1, 0.15) is 0 Å². The number of aryl methyl sites for hydroxylation is 2. The Labute approximate surface area is 251 Å². The molecule has 0 fully saturated rings. The van der Waals surface area contributed by atoms with Gasteiger partial charge in [0.25, 0.3) is 0 Å². The van der Waals surface area contributed by atoms with Crippen molar-refractivity contribution >= 4 is 52.5 Å². The van der Waals surface area contributed by atoms with Crippen molar-refractivity contribution in [2.45, 2.75) is 13.8 Å². The van der Waals surface area contributed by atoms with Gasteiger partial charge in [-0.1, -0.05) is 55.0 Å². The molecule has 7 aromatic rings. The third-order valence-electron chi connectivity index (χ3n) is 7.09. The van der Waals surface area contributed by atoms with Crippen molar-refractivity contribution in [2.75, 3.05) is 0 Å². The Hall–Kier alpha value is -3.09. The Morgan fingerprint density at radius 2 is 1.00 bits per heavy atom. The maximum atomic E-state index is 6.24. The molecule has 0 N–H and O–H groups in total. The van der Waals surface area contributed by atoms with Crippen LogP contribution in [0.15, 0.2) is 146 Å². The molecule has 0 unspecified atom stereocenters. The van der Waals surface area contributed by atoms with E-state index in [0.29, 0.717) is 0 Å². The zero-order valence-electron chi connectivity index (χ0n) is 22.6. The maximum absolute atomic E-state index is 6.24. The van der Waals surface area contributed by atoms with Crippen LogP contribution in [0.25, 0.3) is 32.3 Å². The molecule has 0 saturated heterocycles. The topological polar surface area (TPSA) is 0 Å². The van der Waals surface area contributed by atoms with E-state index in [1.165, 1.54) is 43.4 Å². The summed E-state index contributed by atoms with van der Waals surface area (Å²) in [5, 5.41) is 8.18. The van der Waals surface area contributed by atoms with E-state index in [1.807, 2.05) is 36.4 Å². The van der Waals surface area contributed by atoms with Crippen LogP contribution >= 0.6 is 17.0 Å². The largest absolute Gasteiger partial charge is 0.126 e. The van der Waals surface area contributed by atoms with Crippen LogP contribution in [-0.2, 0) is 18.9 Å². The molecule has 0 aliphatic carbocycles. The second-order valence-corrected chi connectivity index (χ2v) is 17.9. The van der Waals surface area contributed by atoms with Crippen molar-refractivity contribution in [3.05, 3.63) is 168 Å². The predicted molar refractivity (Wildman–Crippen MR) is 174 cm³/mol. The fourth-order valence-corrected chi connectivity index (χ4v) is 9.51. The van der Waals surface area contributed by atoms with Gasteiger partial charge in [-0.15, -0.1) is 68.2 Å². The Morgan fingerprint density at radius 3 is 1.50 bits per heavy atom. The molecule has 0 aliphatic rings. The number of benzene rings is 5. The molecule has 198 valence electrons. The number of halogens is 2. The van der Waals surface area contributed by atoms with Crippen LogP contribution in [0.2, 0.25) is 0 Å². The van der Waals surface area contributed by atoms with Gasteiger partial charge in [0.05, 0.1) is 0 Å². The normalized spacial score (nSPS) is 10.5. The number of hydrogen-bond acceptors (Lipinski definition) is 0. The van der Waals surface area contributed by atoms with Gasteiger partial charge in [-0.2, -0.15) is 12.1 Å². The van der Waals surface area contributed by atoms with Gasteiger partial charge in [-0.05, 0) is 6.92 Å². The molecule has 7 rings (SSSR count). The summed E-state index contributed by atoms with van der Waals surface area (Å²) in [6.07, 6.45) is 0. The average Bonchev–Trinajstić information content (AvgIpc) is 3.63. The summed E-state index contributed by atoms with van der Waals surface area (Å²) in [5.74, 6) is 0. The van der Waals surface area contributed by atoms with Crippen LogP contribution in [0.5, 0.6) is 0 Å². The van der Waals surface area contributed by atoms with E-state index in [4.69, 9.17) is 17.0 Å². The molecular formula is C37H30Cl2Zr-2. The van der Waals surface area contributed by atoms with Crippen molar-refractivity contribution in [1.82, 2.24) is 0 Å². The van der Waals surface area contributed by atoms with Crippen LogP contribution in [0.4, 0.5) is 0 Å².